The molecule has 1 aromatic heterocycles. The Bertz CT molecular complexity index is 621. The molecule has 0 aliphatic heterocycles. The molecule has 0 fully saturated rings. The first-order valence-electron chi connectivity index (χ1n) is 6.29. The second kappa shape index (κ2) is 6.53. The van der Waals surface area contributed by atoms with Gasteiger partial charge in [0.25, 0.3) is 0 Å². The first-order valence-corrected chi connectivity index (χ1v) is 6.29. The number of nitrogens with zero attached hydrogens (tertiary/aromatic N) is 4. The first-order chi connectivity index (χ1) is 9.72. The lowest BCUT2D eigenvalue weighted by molar-refractivity contribution is 0.414. The van der Waals surface area contributed by atoms with Crippen molar-refractivity contribution in [3.63, 3.8) is 0 Å². The molecule has 0 saturated carbocycles. The average Bonchev–Trinajstić information content (AvgIpc) is 2.52. The summed E-state index contributed by atoms with van der Waals surface area (Å²) in [6, 6.07) is 11.7. The number of benzene rings is 1. The Balaban J connectivity index is 2.00. The van der Waals surface area contributed by atoms with Crippen molar-refractivity contribution in [1.29, 1.82) is 5.26 Å². The van der Waals surface area contributed by atoms with E-state index in [1.165, 1.54) is 11.9 Å². The van der Waals surface area contributed by atoms with E-state index in [9.17, 15) is 0 Å². The van der Waals surface area contributed by atoms with Gasteiger partial charge in [0.1, 0.15) is 29.7 Å². The fourth-order valence-corrected chi connectivity index (χ4v) is 1.86. The number of ether oxygens (including phenoxy) is 1. The SMILES string of the molecule is COc1cccc(CCN(C)c2cc(C#N)ncn2)c1. The van der Waals surface area contributed by atoms with Gasteiger partial charge in [-0.3, -0.25) is 0 Å². The quantitative estimate of drug-likeness (QED) is 0.830. The number of methoxy groups -OCH3 is 1. The van der Waals surface area contributed by atoms with Crippen LogP contribution in [0.15, 0.2) is 36.7 Å². The molecule has 0 bridgehead atoms. The fourth-order valence-electron chi connectivity index (χ4n) is 1.86. The van der Waals surface area contributed by atoms with Crippen LogP contribution in [-0.4, -0.2) is 30.7 Å². The molecular weight excluding hydrogens is 252 g/mol. The smallest absolute Gasteiger partial charge is 0.145 e. The van der Waals surface area contributed by atoms with E-state index in [0.717, 1.165) is 24.5 Å². The summed E-state index contributed by atoms with van der Waals surface area (Å²) < 4.78 is 5.21. The highest BCUT2D eigenvalue weighted by molar-refractivity contribution is 5.41. The Labute approximate surface area is 118 Å². The Morgan fingerprint density at radius 1 is 1.30 bits per heavy atom. The van der Waals surface area contributed by atoms with Crippen LogP contribution >= 0.6 is 0 Å². The topological polar surface area (TPSA) is 62.0 Å². The molecule has 0 radical (unpaired) electrons. The lowest BCUT2D eigenvalue weighted by atomic mass is 10.1. The zero-order chi connectivity index (χ0) is 14.4. The Morgan fingerprint density at radius 2 is 2.15 bits per heavy atom. The molecule has 2 aromatic rings. The highest BCUT2D eigenvalue weighted by Crippen LogP contribution is 2.14. The second-order valence-corrected chi connectivity index (χ2v) is 4.40. The van der Waals surface area contributed by atoms with Crippen molar-refractivity contribution in [2.75, 3.05) is 25.6 Å². The number of hydrogen-bond acceptors (Lipinski definition) is 5. The van der Waals surface area contributed by atoms with E-state index in [2.05, 4.69) is 16.0 Å². The molecule has 0 aliphatic rings. The van der Waals surface area contributed by atoms with Crippen LogP contribution in [0, 0.1) is 11.3 Å². The van der Waals surface area contributed by atoms with Crippen molar-refractivity contribution >= 4 is 5.82 Å². The van der Waals surface area contributed by atoms with Crippen LogP contribution < -0.4 is 9.64 Å². The largest absolute Gasteiger partial charge is 0.497 e. The van der Waals surface area contributed by atoms with Gasteiger partial charge in [0.05, 0.1) is 7.11 Å². The van der Waals surface area contributed by atoms with E-state index in [1.807, 2.05) is 36.2 Å². The molecule has 0 saturated heterocycles. The summed E-state index contributed by atoms with van der Waals surface area (Å²) >= 11 is 0. The van der Waals surface area contributed by atoms with Gasteiger partial charge in [-0.05, 0) is 24.1 Å². The molecule has 0 unspecified atom stereocenters. The van der Waals surface area contributed by atoms with Crippen LogP contribution in [0.2, 0.25) is 0 Å². The van der Waals surface area contributed by atoms with E-state index in [4.69, 9.17) is 10.00 Å². The van der Waals surface area contributed by atoms with Crippen molar-refractivity contribution in [2.45, 2.75) is 6.42 Å². The number of nitriles is 1. The van der Waals surface area contributed by atoms with Gasteiger partial charge < -0.3 is 9.64 Å². The number of rotatable bonds is 5. The Kier molecular flexibility index (Phi) is 4.51. The third-order valence-corrected chi connectivity index (χ3v) is 3.03. The molecule has 5 nitrogen and oxygen atoms in total. The lowest BCUT2D eigenvalue weighted by Crippen LogP contribution is -2.21. The molecule has 0 amide bonds. The first kappa shape index (κ1) is 13.8. The molecule has 0 spiro atoms. The number of likely N-dealkylation sites (N-methyl/N-ethyl adjacent to an activating group) is 1. The van der Waals surface area contributed by atoms with Crippen LogP contribution in [0.4, 0.5) is 5.82 Å². The lowest BCUT2D eigenvalue weighted by Gasteiger charge is -2.18. The van der Waals surface area contributed by atoms with Gasteiger partial charge in [0.2, 0.25) is 0 Å². The summed E-state index contributed by atoms with van der Waals surface area (Å²) in [5, 5.41) is 8.84. The van der Waals surface area contributed by atoms with Crippen LogP contribution in [0.1, 0.15) is 11.3 Å². The van der Waals surface area contributed by atoms with Crippen molar-refractivity contribution < 1.29 is 4.74 Å². The van der Waals surface area contributed by atoms with Crippen LogP contribution in [0.3, 0.4) is 0 Å². The molecule has 5 heteroatoms. The van der Waals surface area contributed by atoms with Crippen LogP contribution in [0.5, 0.6) is 5.75 Å². The second-order valence-electron chi connectivity index (χ2n) is 4.40. The Hall–Kier alpha value is -2.61. The Morgan fingerprint density at radius 3 is 2.90 bits per heavy atom. The molecule has 20 heavy (non-hydrogen) atoms. The maximum absolute atomic E-state index is 8.84. The third kappa shape index (κ3) is 3.45. The van der Waals surface area contributed by atoms with Crippen LogP contribution in [-0.2, 0) is 6.42 Å². The predicted molar refractivity (Wildman–Crippen MR) is 76.7 cm³/mol. The normalized spacial score (nSPS) is 9.85. The minimum atomic E-state index is 0.378. The monoisotopic (exact) mass is 268 g/mol. The molecular formula is C15H16N4O. The average molecular weight is 268 g/mol. The molecule has 0 atom stereocenters. The minimum Gasteiger partial charge on any atom is -0.497 e. The summed E-state index contributed by atoms with van der Waals surface area (Å²) in [4.78, 5) is 10.0. The molecule has 2 rings (SSSR count). The summed E-state index contributed by atoms with van der Waals surface area (Å²) in [5.74, 6) is 1.61. The highest BCUT2D eigenvalue weighted by atomic mass is 16.5. The van der Waals surface area contributed by atoms with E-state index in [-0.39, 0.29) is 0 Å². The third-order valence-electron chi connectivity index (χ3n) is 3.03. The summed E-state index contributed by atoms with van der Waals surface area (Å²) in [7, 11) is 3.61. The highest BCUT2D eigenvalue weighted by Gasteiger charge is 2.05. The van der Waals surface area contributed by atoms with Gasteiger partial charge in [-0.2, -0.15) is 5.26 Å². The fraction of sp³-hybridized carbons (Fsp3) is 0.267. The van der Waals surface area contributed by atoms with Crippen molar-refractivity contribution in [3.05, 3.63) is 47.9 Å². The van der Waals surface area contributed by atoms with Gasteiger partial charge in [-0.25, -0.2) is 9.97 Å². The zero-order valence-corrected chi connectivity index (χ0v) is 11.6. The standard InChI is InChI=1S/C15H16N4O/c1-19(15-9-13(10-16)17-11-18-15)7-6-12-4-3-5-14(8-12)20-2/h3-5,8-9,11H,6-7H2,1-2H3. The minimum absolute atomic E-state index is 0.378. The summed E-state index contributed by atoms with van der Waals surface area (Å²) in [6.45, 7) is 0.801. The summed E-state index contributed by atoms with van der Waals surface area (Å²) in [6.07, 6.45) is 2.29. The molecule has 0 aliphatic carbocycles. The maximum atomic E-state index is 8.84. The maximum Gasteiger partial charge on any atom is 0.145 e. The van der Waals surface area contributed by atoms with E-state index >= 15 is 0 Å². The van der Waals surface area contributed by atoms with Crippen molar-refractivity contribution in [2.24, 2.45) is 0 Å². The molecule has 1 aromatic carbocycles. The molecule has 1 heterocycles. The predicted octanol–water partition coefficient (Wildman–Crippen LogP) is 2.04. The molecule has 102 valence electrons. The van der Waals surface area contributed by atoms with E-state index in [1.54, 1.807) is 13.2 Å². The van der Waals surface area contributed by atoms with Gasteiger partial charge >= 0.3 is 0 Å². The van der Waals surface area contributed by atoms with Gasteiger partial charge in [0.15, 0.2) is 0 Å². The van der Waals surface area contributed by atoms with Gasteiger partial charge in [-0.15, -0.1) is 0 Å². The number of hydrogen-bond donors (Lipinski definition) is 0. The van der Waals surface area contributed by atoms with E-state index in [0.29, 0.717) is 5.69 Å². The number of aromatic nitrogens is 2. The van der Waals surface area contributed by atoms with Gasteiger partial charge in [0, 0.05) is 19.7 Å². The zero-order valence-electron chi connectivity index (χ0n) is 11.6. The van der Waals surface area contributed by atoms with Crippen LogP contribution in [0.25, 0.3) is 0 Å². The number of anilines is 1. The van der Waals surface area contributed by atoms with Crippen molar-refractivity contribution in [3.8, 4) is 11.8 Å². The molecule has 0 N–H and O–H groups in total. The van der Waals surface area contributed by atoms with Crippen molar-refractivity contribution in [1.82, 2.24) is 9.97 Å². The van der Waals surface area contributed by atoms with E-state index < -0.39 is 0 Å². The summed E-state index contributed by atoms with van der Waals surface area (Å²) in [5.41, 5.74) is 1.58. The van der Waals surface area contributed by atoms with Gasteiger partial charge in [-0.1, -0.05) is 12.1 Å².